The summed E-state index contributed by atoms with van der Waals surface area (Å²) in [4.78, 5) is 23.4. The van der Waals surface area contributed by atoms with Gasteiger partial charge in [0.2, 0.25) is 5.91 Å². The van der Waals surface area contributed by atoms with Crippen LogP contribution < -0.4 is 11.0 Å². The van der Waals surface area contributed by atoms with Gasteiger partial charge >= 0.3 is 11.9 Å². The van der Waals surface area contributed by atoms with Crippen LogP contribution in [0.4, 0.5) is 18.9 Å². The fraction of sp³-hybridized carbons (Fsp3) is 0.357. The summed E-state index contributed by atoms with van der Waals surface area (Å²) in [6, 6.07) is 4.17. The second kappa shape index (κ2) is 7.56. The molecule has 0 spiro atoms. The molecule has 0 aliphatic rings. The highest BCUT2D eigenvalue weighted by Crippen LogP contribution is 2.29. The summed E-state index contributed by atoms with van der Waals surface area (Å²) in [5, 5.41) is 9.04. The maximum absolute atomic E-state index is 12.5. The van der Waals surface area contributed by atoms with Crippen LogP contribution >= 0.6 is 11.8 Å². The Morgan fingerprint density at radius 1 is 1.33 bits per heavy atom. The molecule has 24 heavy (non-hydrogen) atoms. The van der Waals surface area contributed by atoms with E-state index in [1.807, 2.05) is 6.92 Å². The molecule has 1 aromatic carbocycles. The largest absolute Gasteiger partial charge is 0.416 e. The van der Waals surface area contributed by atoms with E-state index in [0.29, 0.717) is 11.7 Å². The van der Waals surface area contributed by atoms with Gasteiger partial charge in [-0.25, -0.2) is 9.89 Å². The molecule has 10 heteroatoms. The monoisotopic (exact) mass is 360 g/mol. The number of anilines is 1. The van der Waals surface area contributed by atoms with Gasteiger partial charge in [-0.15, -0.1) is 5.10 Å². The molecule has 0 unspecified atom stereocenters. The van der Waals surface area contributed by atoms with Gasteiger partial charge in [0.15, 0.2) is 5.16 Å². The number of nitrogens with one attached hydrogen (secondary N) is 2. The van der Waals surface area contributed by atoms with Crippen molar-refractivity contribution in [3.8, 4) is 0 Å². The highest BCUT2D eigenvalue weighted by Gasteiger charge is 2.29. The van der Waals surface area contributed by atoms with E-state index in [-0.39, 0.29) is 17.1 Å². The Morgan fingerprint density at radius 2 is 2.00 bits per heavy atom. The average molecular weight is 360 g/mol. The van der Waals surface area contributed by atoms with E-state index in [4.69, 9.17) is 0 Å². The Morgan fingerprint density at radius 3 is 2.58 bits per heavy atom. The van der Waals surface area contributed by atoms with Crippen LogP contribution in [0.3, 0.4) is 0 Å². The second-order valence-corrected chi connectivity index (χ2v) is 5.82. The first-order valence-electron chi connectivity index (χ1n) is 7.06. The van der Waals surface area contributed by atoms with E-state index >= 15 is 0 Å². The summed E-state index contributed by atoms with van der Waals surface area (Å²) < 4.78 is 38.8. The van der Waals surface area contributed by atoms with Crippen molar-refractivity contribution in [3.63, 3.8) is 0 Å². The third kappa shape index (κ3) is 4.63. The van der Waals surface area contributed by atoms with Crippen molar-refractivity contribution in [1.29, 1.82) is 0 Å². The first-order chi connectivity index (χ1) is 11.3. The Bertz CT molecular complexity index is 753. The number of aromatic amines is 1. The van der Waals surface area contributed by atoms with Crippen LogP contribution in [0.2, 0.25) is 0 Å². The molecule has 0 aliphatic carbocycles. The molecule has 130 valence electrons. The Labute approximate surface area is 139 Å². The van der Waals surface area contributed by atoms with E-state index in [1.165, 1.54) is 16.7 Å². The number of alkyl halides is 3. The third-order valence-corrected chi connectivity index (χ3v) is 3.98. The summed E-state index contributed by atoms with van der Waals surface area (Å²) in [5.41, 5.74) is -0.862. The zero-order valence-corrected chi connectivity index (χ0v) is 13.5. The van der Waals surface area contributed by atoms with Gasteiger partial charge in [0.25, 0.3) is 0 Å². The Kier molecular flexibility index (Phi) is 5.71. The van der Waals surface area contributed by atoms with Crippen LogP contribution in [0.25, 0.3) is 0 Å². The van der Waals surface area contributed by atoms with Gasteiger partial charge < -0.3 is 5.32 Å². The van der Waals surface area contributed by atoms with E-state index < -0.39 is 17.6 Å². The minimum absolute atomic E-state index is 0.0188. The van der Waals surface area contributed by atoms with Gasteiger partial charge in [0, 0.05) is 12.2 Å². The number of hydrogen-bond acceptors (Lipinski definition) is 4. The van der Waals surface area contributed by atoms with Gasteiger partial charge in [-0.3, -0.25) is 9.36 Å². The number of rotatable bonds is 6. The summed E-state index contributed by atoms with van der Waals surface area (Å²) in [6.07, 6.45) is -3.67. The van der Waals surface area contributed by atoms with Crippen molar-refractivity contribution >= 4 is 23.4 Å². The molecule has 2 aromatic rings. The molecular weight excluding hydrogens is 345 g/mol. The molecule has 0 saturated heterocycles. The molecule has 0 saturated carbocycles. The van der Waals surface area contributed by atoms with Crippen LogP contribution in [-0.2, 0) is 17.5 Å². The summed E-state index contributed by atoms with van der Waals surface area (Å²) >= 11 is 1.07. The maximum atomic E-state index is 12.5. The van der Waals surface area contributed by atoms with Gasteiger partial charge in [-0.2, -0.15) is 13.2 Å². The lowest BCUT2D eigenvalue weighted by atomic mass is 10.2. The van der Waals surface area contributed by atoms with Crippen molar-refractivity contribution < 1.29 is 18.0 Å². The zero-order chi connectivity index (χ0) is 17.7. The molecule has 0 bridgehead atoms. The fourth-order valence-electron chi connectivity index (χ4n) is 1.90. The average Bonchev–Trinajstić information content (AvgIpc) is 2.86. The molecule has 1 aromatic heterocycles. The molecule has 0 aliphatic heterocycles. The number of halogens is 3. The first-order valence-corrected chi connectivity index (χ1v) is 8.05. The quantitative estimate of drug-likeness (QED) is 0.777. The molecular formula is C14H15F3N4O2S. The third-order valence-electron chi connectivity index (χ3n) is 3.00. The van der Waals surface area contributed by atoms with E-state index in [0.717, 1.165) is 30.3 Å². The van der Waals surface area contributed by atoms with Gasteiger partial charge in [-0.05, 0) is 30.7 Å². The van der Waals surface area contributed by atoms with E-state index in [9.17, 15) is 22.8 Å². The molecule has 0 radical (unpaired) electrons. The van der Waals surface area contributed by atoms with Crippen molar-refractivity contribution in [2.45, 2.75) is 31.2 Å². The standard InChI is InChI=1S/C14H15F3N4O2S/c1-2-7-21-12(23)19-20-13(21)24-8-11(22)18-10-5-3-9(4-6-10)14(15,16)17/h3-6H,2,7-8H2,1H3,(H,18,22)(H,19,23). The molecule has 1 amide bonds. The fourth-order valence-corrected chi connectivity index (χ4v) is 2.68. The normalized spacial score (nSPS) is 11.5. The minimum Gasteiger partial charge on any atom is -0.325 e. The minimum atomic E-state index is -4.42. The molecule has 2 rings (SSSR count). The van der Waals surface area contributed by atoms with Gasteiger partial charge in [-0.1, -0.05) is 18.7 Å². The zero-order valence-electron chi connectivity index (χ0n) is 12.7. The van der Waals surface area contributed by atoms with Crippen molar-refractivity contribution in [3.05, 3.63) is 40.3 Å². The first kappa shape index (κ1) is 18.1. The van der Waals surface area contributed by atoms with Crippen LogP contribution in [0.1, 0.15) is 18.9 Å². The highest BCUT2D eigenvalue weighted by molar-refractivity contribution is 7.99. The van der Waals surface area contributed by atoms with Crippen LogP contribution in [0.15, 0.2) is 34.2 Å². The molecule has 6 nitrogen and oxygen atoms in total. The lowest BCUT2D eigenvalue weighted by molar-refractivity contribution is -0.137. The SMILES string of the molecule is CCCn1c(SCC(=O)Nc2ccc(C(F)(F)F)cc2)n[nH]c1=O. The number of amides is 1. The number of aromatic nitrogens is 3. The predicted octanol–water partition coefficient (Wildman–Crippen LogP) is 2.73. The van der Waals surface area contributed by atoms with Crippen LogP contribution in [-0.4, -0.2) is 26.4 Å². The van der Waals surface area contributed by atoms with Crippen molar-refractivity contribution in [2.24, 2.45) is 0 Å². The van der Waals surface area contributed by atoms with Crippen LogP contribution in [0.5, 0.6) is 0 Å². The van der Waals surface area contributed by atoms with Crippen molar-refractivity contribution in [1.82, 2.24) is 14.8 Å². The summed E-state index contributed by atoms with van der Waals surface area (Å²) in [6.45, 7) is 2.39. The number of carbonyl (C=O) groups excluding carboxylic acids is 1. The molecule has 2 N–H and O–H groups in total. The topological polar surface area (TPSA) is 79.8 Å². The Balaban J connectivity index is 1.93. The van der Waals surface area contributed by atoms with Gasteiger partial charge in [0.05, 0.1) is 11.3 Å². The smallest absolute Gasteiger partial charge is 0.325 e. The van der Waals surface area contributed by atoms with E-state index in [1.54, 1.807) is 0 Å². The number of nitrogens with zero attached hydrogens (tertiary/aromatic N) is 2. The summed E-state index contributed by atoms with van der Waals surface area (Å²) in [5.74, 6) is -0.423. The lowest BCUT2D eigenvalue weighted by Crippen LogP contribution is -2.18. The van der Waals surface area contributed by atoms with E-state index in [2.05, 4.69) is 15.5 Å². The number of H-pyrrole nitrogens is 1. The summed E-state index contributed by atoms with van der Waals surface area (Å²) in [7, 11) is 0. The molecule has 0 atom stereocenters. The number of carbonyl (C=O) groups is 1. The molecule has 1 heterocycles. The Hall–Kier alpha value is -2.23. The number of benzene rings is 1. The van der Waals surface area contributed by atoms with Crippen molar-refractivity contribution in [2.75, 3.05) is 11.1 Å². The van der Waals surface area contributed by atoms with Crippen LogP contribution in [0, 0.1) is 0 Å². The predicted molar refractivity (Wildman–Crippen MR) is 83.9 cm³/mol. The number of thioether (sulfide) groups is 1. The maximum Gasteiger partial charge on any atom is 0.416 e. The van der Waals surface area contributed by atoms with Gasteiger partial charge in [0.1, 0.15) is 0 Å². The second-order valence-electron chi connectivity index (χ2n) is 4.87. The lowest BCUT2D eigenvalue weighted by Gasteiger charge is -2.09. The number of hydrogen-bond donors (Lipinski definition) is 2. The molecule has 0 fully saturated rings. The highest BCUT2D eigenvalue weighted by atomic mass is 32.2.